The Morgan fingerprint density at radius 3 is 2.81 bits per heavy atom. The van der Waals surface area contributed by atoms with Crippen molar-refractivity contribution >= 4 is 11.6 Å². The normalized spacial score (nSPS) is 11.9. The number of anilines is 1. The van der Waals surface area contributed by atoms with Crippen LogP contribution in [0, 0.1) is 6.92 Å². The predicted octanol–water partition coefficient (Wildman–Crippen LogP) is 1.48. The third-order valence-electron chi connectivity index (χ3n) is 2.19. The quantitative estimate of drug-likeness (QED) is 0.758. The van der Waals surface area contributed by atoms with Crippen LogP contribution >= 0.6 is 0 Å². The molecular weight excluding hydrogens is 204 g/mol. The molecule has 0 saturated heterocycles. The molecule has 0 radical (unpaired) electrons. The number of rotatable bonds is 4. The van der Waals surface area contributed by atoms with Gasteiger partial charge in [0.15, 0.2) is 6.10 Å². The average molecular weight is 222 g/mol. The van der Waals surface area contributed by atoms with Crippen LogP contribution in [-0.2, 0) is 4.79 Å². The molecule has 0 aliphatic carbocycles. The Hall–Kier alpha value is -1.71. The van der Waals surface area contributed by atoms with Gasteiger partial charge in [0, 0.05) is 6.54 Å². The predicted molar refractivity (Wildman–Crippen MR) is 64.4 cm³/mol. The van der Waals surface area contributed by atoms with Crippen molar-refractivity contribution in [2.75, 3.05) is 12.3 Å². The van der Waals surface area contributed by atoms with Crippen LogP contribution in [0.2, 0.25) is 0 Å². The van der Waals surface area contributed by atoms with Crippen molar-refractivity contribution in [2.24, 2.45) is 0 Å². The first-order valence-electron chi connectivity index (χ1n) is 5.35. The van der Waals surface area contributed by atoms with Crippen LogP contribution in [-0.4, -0.2) is 18.6 Å². The third kappa shape index (κ3) is 3.15. The summed E-state index contributed by atoms with van der Waals surface area (Å²) in [6.07, 6.45) is -0.537. The first kappa shape index (κ1) is 12.4. The van der Waals surface area contributed by atoms with Crippen LogP contribution < -0.4 is 15.8 Å². The topological polar surface area (TPSA) is 64.3 Å². The summed E-state index contributed by atoms with van der Waals surface area (Å²) in [5.41, 5.74) is 7.40. The van der Waals surface area contributed by atoms with E-state index in [1.807, 2.05) is 26.0 Å². The van der Waals surface area contributed by atoms with Crippen LogP contribution in [0.3, 0.4) is 0 Å². The summed E-state index contributed by atoms with van der Waals surface area (Å²) in [5.74, 6) is 0.409. The van der Waals surface area contributed by atoms with Gasteiger partial charge in [-0.3, -0.25) is 4.79 Å². The van der Waals surface area contributed by atoms with Crippen molar-refractivity contribution in [3.05, 3.63) is 23.8 Å². The molecule has 0 spiro atoms. The fourth-order valence-electron chi connectivity index (χ4n) is 1.34. The molecule has 1 atom stereocenters. The third-order valence-corrected chi connectivity index (χ3v) is 2.19. The molecule has 0 bridgehead atoms. The maximum absolute atomic E-state index is 11.4. The van der Waals surface area contributed by atoms with Crippen molar-refractivity contribution in [3.63, 3.8) is 0 Å². The van der Waals surface area contributed by atoms with E-state index in [0.29, 0.717) is 18.0 Å². The van der Waals surface area contributed by atoms with E-state index in [9.17, 15) is 4.79 Å². The van der Waals surface area contributed by atoms with Gasteiger partial charge < -0.3 is 15.8 Å². The highest BCUT2D eigenvalue weighted by Crippen LogP contribution is 2.23. The maximum atomic E-state index is 11.4. The second-order valence-corrected chi connectivity index (χ2v) is 3.70. The molecule has 1 aromatic carbocycles. The van der Waals surface area contributed by atoms with E-state index >= 15 is 0 Å². The van der Waals surface area contributed by atoms with Crippen LogP contribution in [0.25, 0.3) is 0 Å². The average Bonchev–Trinajstić information content (AvgIpc) is 2.22. The van der Waals surface area contributed by atoms with Gasteiger partial charge in [0.1, 0.15) is 5.75 Å². The molecule has 0 heterocycles. The minimum Gasteiger partial charge on any atom is -0.479 e. The number of nitrogen functional groups attached to an aromatic ring is 1. The van der Waals surface area contributed by atoms with Crippen LogP contribution in [0.4, 0.5) is 5.69 Å². The number of hydrogen-bond donors (Lipinski definition) is 2. The standard InChI is InChI=1S/C12H18N2O2/c1-4-14-12(15)9(3)16-11-6-5-8(2)7-10(11)13/h5-7,9H,4,13H2,1-3H3,(H,14,15). The lowest BCUT2D eigenvalue weighted by atomic mass is 10.2. The van der Waals surface area contributed by atoms with E-state index in [0.717, 1.165) is 5.56 Å². The Morgan fingerprint density at radius 2 is 2.25 bits per heavy atom. The molecule has 0 aliphatic heterocycles. The van der Waals surface area contributed by atoms with Crippen molar-refractivity contribution in [1.82, 2.24) is 5.32 Å². The van der Waals surface area contributed by atoms with Gasteiger partial charge in [-0.05, 0) is 38.5 Å². The zero-order valence-electron chi connectivity index (χ0n) is 9.91. The van der Waals surface area contributed by atoms with Crippen molar-refractivity contribution in [2.45, 2.75) is 26.9 Å². The van der Waals surface area contributed by atoms with E-state index in [-0.39, 0.29) is 5.91 Å². The number of nitrogens with one attached hydrogen (secondary N) is 1. The molecule has 0 saturated carbocycles. The summed E-state index contributed by atoms with van der Waals surface area (Å²) >= 11 is 0. The van der Waals surface area contributed by atoms with E-state index in [2.05, 4.69) is 5.32 Å². The Kier molecular flexibility index (Phi) is 4.17. The van der Waals surface area contributed by atoms with Gasteiger partial charge in [0.25, 0.3) is 5.91 Å². The zero-order valence-corrected chi connectivity index (χ0v) is 9.91. The number of likely N-dealkylation sites (N-methyl/N-ethyl adjacent to an activating group) is 1. The molecule has 4 heteroatoms. The summed E-state index contributed by atoms with van der Waals surface area (Å²) in [5, 5.41) is 2.69. The molecule has 4 nitrogen and oxygen atoms in total. The smallest absolute Gasteiger partial charge is 0.260 e. The molecule has 0 aliphatic rings. The Labute approximate surface area is 95.8 Å². The second-order valence-electron chi connectivity index (χ2n) is 3.70. The number of carbonyl (C=O) groups excluding carboxylic acids is 1. The number of aryl methyl sites for hydroxylation is 1. The minimum absolute atomic E-state index is 0.137. The van der Waals surface area contributed by atoms with Gasteiger partial charge in [-0.2, -0.15) is 0 Å². The Balaban J connectivity index is 2.69. The first-order valence-corrected chi connectivity index (χ1v) is 5.35. The lowest BCUT2D eigenvalue weighted by Crippen LogP contribution is -2.36. The number of amides is 1. The lowest BCUT2D eigenvalue weighted by molar-refractivity contribution is -0.127. The number of carbonyl (C=O) groups is 1. The van der Waals surface area contributed by atoms with Crippen LogP contribution in [0.1, 0.15) is 19.4 Å². The van der Waals surface area contributed by atoms with Crippen LogP contribution in [0.5, 0.6) is 5.75 Å². The van der Waals surface area contributed by atoms with Gasteiger partial charge in [-0.15, -0.1) is 0 Å². The molecule has 1 rings (SSSR count). The second kappa shape index (κ2) is 5.39. The molecule has 0 aromatic heterocycles. The zero-order chi connectivity index (χ0) is 12.1. The lowest BCUT2D eigenvalue weighted by Gasteiger charge is -2.15. The largest absolute Gasteiger partial charge is 0.479 e. The van der Waals surface area contributed by atoms with Crippen molar-refractivity contribution in [1.29, 1.82) is 0 Å². The fourth-order valence-corrected chi connectivity index (χ4v) is 1.34. The molecule has 88 valence electrons. The number of benzene rings is 1. The molecule has 1 unspecified atom stereocenters. The van der Waals surface area contributed by atoms with Crippen LogP contribution in [0.15, 0.2) is 18.2 Å². The number of ether oxygens (including phenoxy) is 1. The van der Waals surface area contributed by atoms with Crippen molar-refractivity contribution in [3.8, 4) is 5.75 Å². The van der Waals surface area contributed by atoms with E-state index in [1.165, 1.54) is 0 Å². The SMILES string of the molecule is CCNC(=O)C(C)Oc1ccc(C)cc1N. The van der Waals surface area contributed by atoms with Gasteiger partial charge in [0.2, 0.25) is 0 Å². The highest BCUT2D eigenvalue weighted by atomic mass is 16.5. The number of hydrogen-bond acceptors (Lipinski definition) is 3. The molecule has 1 aromatic rings. The van der Waals surface area contributed by atoms with Gasteiger partial charge in [-0.25, -0.2) is 0 Å². The summed E-state index contributed by atoms with van der Waals surface area (Å²) < 4.78 is 5.48. The van der Waals surface area contributed by atoms with Gasteiger partial charge in [-0.1, -0.05) is 6.07 Å². The highest BCUT2D eigenvalue weighted by Gasteiger charge is 2.14. The molecule has 0 fully saturated rings. The monoisotopic (exact) mass is 222 g/mol. The van der Waals surface area contributed by atoms with Gasteiger partial charge in [0.05, 0.1) is 5.69 Å². The summed E-state index contributed by atoms with van der Waals surface area (Å²) in [6, 6.07) is 5.50. The van der Waals surface area contributed by atoms with Crippen molar-refractivity contribution < 1.29 is 9.53 Å². The highest BCUT2D eigenvalue weighted by molar-refractivity contribution is 5.80. The van der Waals surface area contributed by atoms with E-state index in [1.54, 1.807) is 13.0 Å². The molecular formula is C12H18N2O2. The minimum atomic E-state index is -0.537. The molecule has 16 heavy (non-hydrogen) atoms. The Morgan fingerprint density at radius 1 is 1.56 bits per heavy atom. The van der Waals surface area contributed by atoms with Gasteiger partial charge >= 0.3 is 0 Å². The van der Waals surface area contributed by atoms with E-state index in [4.69, 9.17) is 10.5 Å². The molecule has 3 N–H and O–H groups in total. The fraction of sp³-hybridized carbons (Fsp3) is 0.417. The summed E-state index contributed by atoms with van der Waals surface area (Å²) in [7, 11) is 0. The summed E-state index contributed by atoms with van der Waals surface area (Å²) in [4.78, 5) is 11.4. The maximum Gasteiger partial charge on any atom is 0.260 e. The summed E-state index contributed by atoms with van der Waals surface area (Å²) in [6.45, 7) is 6.11. The van der Waals surface area contributed by atoms with E-state index < -0.39 is 6.10 Å². The Bertz CT molecular complexity index is 377. The number of nitrogens with two attached hydrogens (primary N) is 1. The molecule has 1 amide bonds. The first-order chi connectivity index (χ1) is 7.54.